The Bertz CT molecular complexity index is 452. The predicted octanol–water partition coefficient (Wildman–Crippen LogP) is 3.94. The van der Waals surface area contributed by atoms with E-state index in [2.05, 4.69) is 34.0 Å². The van der Waals surface area contributed by atoms with Crippen molar-refractivity contribution in [3.63, 3.8) is 0 Å². The van der Waals surface area contributed by atoms with Crippen molar-refractivity contribution in [2.45, 2.75) is 39.2 Å². The van der Waals surface area contributed by atoms with Crippen LogP contribution in [0.1, 0.15) is 32.3 Å². The molecule has 1 aromatic rings. The van der Waals surface area contributed by atoms with Gasteiger partial charge in [-0.3, -0.25) is 4.99 Å². The molecule has 0 bridgehead atoms. The first kappa shape index (κ1) is 23.4. The van der Waals surface area contributed by atoms with Crippen molar-refractivity contribution in [3.8, 4) is 5.75 Å². The fourth-order valence-electron chi connectivity index (χ4n) is 2.13. The first-order valence-corrected chi connectivity index (χ1v) is 9.74. The quantitative estimate of drug-likeness (QED) is 0.238. The molecular formula is C18H32IN3OS. The normalized spacial score (nSPS) is 11.1. The predicted molar refractivity (Wildman–Crippen MR) is 118 cm³/mol. The van der Waals surface area contributed by atoms with Crippen LogP contribution in [0.2, 0.25) is 0 Å². The molecule has 0 saturated heterocycles. The average Bonchev–Trinajstić information content (AvgIpc) is 2.54. The Kier molecular flexibility index (Phi) is 14.3. The highest BCUT2D eigenvalue weighted by molar-refractivity contribution is 14.0. The summed E-state index contributed by atoms with van der Waals surface area (Å²) in [5.74, 6) is 3.04. The molecule has 1 aromatic carbocycles. The van der Waals surface area contributed by atoms with E-state index in [1.165, 1.54) is 24.2 Å². The van der Waals surface area contributed by atoms with Crippen LogP contribution in [0.15, 0.2) is 29.3 Å². The van der Waals surface area contributed by atoms with Gasteiger partial charge in [-0.1, -0.05) is 12.1 Å². The zero-order chi connectivity index (χ0) is 16.9. The van der Waals surface area contributed by atoms with Gasteiger partial charge in [-0.25, -0.2) is 0 Å². The number of rotatable bonds is 10. The first-order valence-electron chi connectivity index (χ1n) is 8.34. The number of benzene rings is 1. The van der Waals surface area contributed by atoms with Crippen LogP contribution >= 0.6 is 35.7 Å². The van der Waals surface area contributed by atoms with Gasteiger partial charge in [0, 0.05) is 20.1 Å². The van der Waals surface area contributed by atoms with Gasteiger partial charge in [-0.2, -0.15) is 11.8 Å². The summed E-state index contributed by atoms with van der Waals surface area (Å²) < 4.78 is 5.66. The van der Waals surface area contributed by atoms with E-state index in [-0.39, 0.29) is 30.1 Å². The van der Waals surface area contributed by atoms with E-state index in [4.69, 9.17) is 4.74 Å². The molecule has 138 valence electrons. The molecule has 0 aromatic heterocycles. The van der Waals surface area contributed by atoms with Crippen LogP contribution in [0.3, 0.4) is 0 Å². The Labute approximate surface area is 168 Å². The van der Waals surface area contributed by atoms with Crippen molar-refractivity contribution in [3.05, 3.63) is 29.8 Å². The van der Waals surface area contributed by atoms with Crippen molar-refractivity contribution in [2.75, 3.05) is 32.1 Å². The summed E-state index contributed by atoms with van der Waals surface area (Å²) in [5.41, 5.74) is 1.30. The third-order valence-corrected chi connectivity index (χ3v) is 3.99. The van der Waals surface area contributed by atoms with Crippen molar-refractivity contribution < 1.29 is 4.74 Å². The van der Waals surface area contributed by atoms with Gasteiger partial charge in [0.2, 0.25) is 0 Å². The lowest BCUT2D eigenvalue weighted by molar-refractivity contribution is 0.242. The molecule has 0 fully saturated rings. The lowest BCUT2D eigenvalue weighted by Gasteiger charge is -2.12. The van der Waals surface area contributed by atoms with E-state index in [0.717, 1.165) is 31.2 Å². The SMILES string of the molecule is CN=C(NCCCCSC)NCCc1ccc(OC(C)C)cc1.I. The molecule has 0 aliphatic rings. The number of guanidine groups is 1. The number of unbranched alkanes of at least 4 members (excludes halogenated alkanes) is 1. The number of ether oxygens (including phenoxy) is 1. The highest BCUT2D eigenvalue weighted by Crippen LogP contribution is 2.13. The van der Waals surface area contributed by atoms with Gasteiger partial charge in [0.1, 0.15) is 5.75 Å². The van der Waals surface area contributed by atoms with Gasteiger partial charge in [0.25, 0.3) is 0 Å². The Morgan fingerprint density at radius 2 is 1.79 bits per heavy atom. The van der Waals surface area contributed by atoms with Crippen LogP contribution in [0.4, 0.5) is 0 Å². The second kappa shape index (κ2) is 14.7. The van der Waals surface area contributed by atoms with Gasteiger partial charge in [-0.15, -0.1) is 24.0 Å². The zero-order valence-corrected chi connectivity index (χ0v) is 18.4. The Morgan fingerprint density at radius 3 is 2.38 bits per heavy atom. The smallest absolute Gasteiger partial charge is 0.190 e. The summed E-state index contributed by atoms with van der Waals surface area (Å²) in [6, 6.07) is 8.32. The number of aliphatic imine (C=N–C) groups is 1. The molecule has 0 amide bonds. The molecule has 0 saturated carbocycles. The Hall–Kier alpha value is -0.630. The highest BCUT2D eigenvalue weighted by Gasteiger charge is 2.00. The first-order chi connectivity index (χ1) is 11.2. The number of nitrogens with zero attached hydrogens (tertiary/aromatic N) is 1. The van der Waals surface area contributed by atoms with Gasteiger partial charge in [-0.05, 0) is 62.8 Å². The molecular weight excluding hydrogens is 433 g/mol. The molecule has 0 spiro atoms. The molecule has 24 heavy (non-hydrogen) atoms. The maximum absolute atomic E-state index is 5.66. The molecule has 0 unspecified atom stereocenters. The van der Waals surface area contributed by atoms with Gasteiger partial charge < -0.3 is 15.4 Å². The lowest BCUT2D eigenvalue weighted by atomic mass is 10.1. The van der Waals surface area contributed by atoms with Gasteiger partial charge >= 0.3 is 0 Å². The monoisotopic (exact) mass is 465 g/mol. The summed E-state index contributed by atoms with van der Waals surface area (Å²) >= 11 is 1.90. The number of thioether (sulfide) groups is 1. The summed E-state index contributed by atoms with van der Waals surface area (Å²) in [6.07, 6.45) is 5.76. The maximum atomic E-state index is 5.66. The fraction of sp³-hybridized carbons (Fsp3) is 0.611. The molecule has 2 N–H and O–H groups in total. The van der Waals surface area contributed by atoms with E-state index >= 15 is 0 Å². The molecule has 0 aliphatic carbocycles. The summed E-state index contributed by atoms with van der Waals surface area (Å²) in [6.45, 7) is 5.92. The Morgan fingerprint density at radius 1 is 1.12 bits per heavy atom. The minimum Gasteiger partial charge on any atom is -0.491 e. The second-order valence-corrected chi connectivity index (χ2v) is 6.67. The van der Waals surface area contributed by atoms with Crippen LogP contribution < -0.4 is 15.4 Å². The van der Waals surface area contributed by atoms with E-state index in [0.29, 0.717) is 0 Å². The molecule has 1 rings (SSSR count). The summed E-state index contributed by atoms with van der Waals surface area (Å²) in [7, 11) is 1.81. The fourth-order valence-corrected chi connectivity index (χ4v) is 2.62. The van der Waals surface area contributed by atoms with Crippen molar-refractivity contribution in [1.82, 2.24) is 10.6 Å². The molecule has 0 atom stereocenters. The third-order valence-electron chi connectivity index (χ3n) is 3.29. The number of halogens is 1. The van der Waals surface area contributed by atoms with E-state index in [9.17, 15) is 0 Å². The topological polar surface area (TPSA) is 45.7 Å². The molecule has 0 aliphatic heterocycles. The maximum Gasteiger partial charge on any atom is 0.190 e. The number of hydrogen-bond donors (Lipinski definition) is 2. The van der Waals surface area contributed by atoms with Crippen LogP contribution in [0, 0.1) is 0 Å². The molecule has 0 radical (unpaired) electrons. The Balaban J connectivity index is 0.00000529. The van der Waals surface area contributed by atoms with Gasteiger partial charge in [0.05, 0.1) is 6.10 Å². The molecule has 4 nitrogen and oxygen atoms in total. The van der Waals surface area contributed by atoms with Crippen LogP contribution in [0.25, 0.3) is 0 Å². The third kappa shape index (κ3) is 11.0. The van der Waals surface area contributed by atoms with Crippen molar-refractivity contribution in [2.24, 2.45) is 4.99 Å². The molecule has 0 heterocycles. The minimum absolute atomic E-state index is 0. The summed E-state index contributed by atoms with van der Waals surface area (Å²) in [4.78, 5) is 4.25. The standard InChI is InChI=1S/C18H31N3OS.HI/c1-15(2)22-17-9-7-16(8-10-17)11-13-21-18(19-3)20-12-5-6-14-23-4;/h7-10,15H,5-6,11-14H2,1-4H3,(H2,19,20,21);1H. The molecule has 6 heteroatoms. The van der Waals surface area contributed by atoms with Crippen LogP contribution in [-0.4, -0.2) is 44.2 Å². The van der Waals surface area contributed by atoms with Crippen molar-refractivity contribution >= 4 is 41.7 Å². The number of nitrogens with one attached hydrogen (secondary N) is 2. The second-order valence-electron chi connectivity index (χ2n) is 5.69. The van der Waals surface area contributed by atoms with Gasteiger partial charge in [0.15, 0.2) is 5.96 Å². The minimum atomic E-state index is 0. The summed E-state index contributed by atoms with van der Waals surface area (Å²) in [5, 5.41) is 6.71. The van der Waals surface area contributed by atoms with E-state index in [1.54, 1.807) is 0 Å². The van der Waals surface area contributed by atoms with E-state index < -0.39 is 0 Å². The lowest BCUT2D eigenvalue weighted by Crippen LogP contribution is -2.38. The highest BCUT2D eigenvalue weighted by atomic mass is 127. The van der Waals surface area contributed by atoms with Crippen molar-refractivity contribution in [1.29, 1.82) is 0 Å². The average molecular weight is 465 g/mol. The van der Waals surface area contributed by atoms with Crippen LogP contribution in [-0.2, 0) is 6.42 Å². The largest absolute Gasteiger partial charge is 0.491 e. The number of hydrogen-bond acceptors (Lipinski definition) is 3. The van der Waals surface area contributed by atoms with Crippen LogP contribution in [0.5, 0.6) is 5.75 Å². The zero-order valence-electron chi connectivity index (χ0n) is 15.3. The van der Waals surface area contributed by atoms with E-state index in [1.807, 2.05) is 44.8 Å².